The van der Waals surface area contributed by atoms with Crippen LogP contribution < -0.4 is 10.1 Å². The highest BCUT2D eigenvalue weighted by molar-refractivity contribution is 14.1. The molecule has 0 atom stereocenters. The molecule has 88 valence electrons. The fourth-order valence-corrected chi connectivity index (χ4v) is 1.67. The first-order chi connectivity index (χ1) is 7.37. The molecule has 0 bridgehead atoms. The molecule has 1 aromatic carbocycles. The topological polar surface area (TPSA) is 38.3 Å². The summed E-state index contributed by atoms with van der Waals surface area (Å²) in [5, 5.41) is 2.84. The number of carbonyl (C=O) groups excluding carboxylic acids is 1. The van der Waals surface area contributed by atoms with Gasteiger partial charge in [0, 0.05) is 9.11 Å². The highest BCUT2D eigenvalue weighted by Crippen LogP contribution is 2.14. The van der Waals surface area contributed by atoms with Crippen molar-refractivity contribution in [2.75, 3.05) is 6.61 Å². The van der Waals surface area contributed by atoms with Gasteiger partial charge in [-0.2, -0.15) is 0 Å². The lowest BCUT2D eigenvalue weighted by atomic mass is 10.1. The Morgan fingerprint density at radius 3 is 2.69 bits per heavy atom. The standard InChI is InChI=1S/C12H16INO2/c1-12(2,3)14-11(15)8-16-10-6-4-5-9(13)7-10/h4-7H,8H2,1-3H3,(H,14,15). The second-order valence-electron chi connectivity index (χ2n) is 4.54. The molecule has 1 N–H and O–H groups in total. The van der Waals surface area contributed by atoms with Gasteiger partial charge in [0.05, 0.1) is 0 Å². The van der Waals surface area contributed by atoms with Gasteiger partial charge in [-0.1, -0.05) is 6.07 Å². The lowest BCUT2D eigenvalue weighted by Gasteiger charge is -2.20. The summed E-state index contributed by atoms with van der Waals surface area (Å²) in [6.45, 7) is 5.88. The summed E-state index contributed by atoms with van der Waals surface area (Å²) in [5.41, 5.74) is -0.217. The number of carbonyl (C=O) groups is 1. The zero-order valence-corrected chi connectivity index (χ0v) is 11.9. The summed E-state index contributed by atoms with van der Waals surface area (Å²) in [7, 11) is 0. The van der Waals surface area contributed by atoms with Gasteiger partial charge in [0.1, 0.15) is 5.75 Å². The zero-order chi connectivity index (χ0) is 12.2. The predicted octanol–water partition coefficient (Wildman–Crippen LogP) is 2.58. The molecule has 0 aliphatic rings. The Bertz CT molecular complexity index is 372. The summed E-state index contributed by atoms with van der Waals surface area (Å²) in [6.07, 6.45) is 0. The third-order valence-electron chi connectivity index (χ3n) is 1.68. The fraction of sp³-hybridized carbons (Fsp3) is 0.417. The molecule has 16 heavy (non-hydrogen) atoms. The molecule has 0 saturated heterocycles. The molecule has 0 fully saturated rings. The fourth-order valence-electron chi connectivity index (χ4n) is 1.16. The van der Waals surface area contributed by atoms with Gasteiger partial charge in [-0.25, -0.2) is 0 Å². The average molecular weight is 333 g/mol. The van der Waals surface area contributed by atoms with Gasteiger partial charge >= 0.3 is 0 Å². The Labute approximate surface area is 110 Å². The van der Waals surface area contributed by atoms with E-state index in [0.29, 0.717) is 0 Å². The second kappa shape index (κ2) is 5.52. The molecule has 1 amide bonds. The average Bonchev–Trinajstić information content (AvgIpc) is 2.12. The number of rotatable bonds is 3. The van der Waals surface area contributed by atoms with Crippen molar-refractivity contribution in [2.45, 2.75) is 26.3 Å². The first-order valence-corrected chi connectivity index (χ1v) is 6.14. The van der Waals surface area contributed by atoms with Crippen LogP contribution >= 0.6 is 22.6 Å². The lowest BCUT2D eigenvalue weighted by Crippen LogP contribution is -2.43. The van der Waals surface area contributed by atoms with Crippen molar-refractivity contribution < 1.29 is 9.53 Å². The number of benzene rings is 1. The van der Waals surface area contributed by atoms with Crippen LogP contribution in [-0.4, -0.2) is 18.1 Å². The Balaban J connectivity index is 2.43. The van der Waals surface area contributed by atoms with Crippen LogP contribution in [-0.2, 0) is 4.79 Å². The number of hydrogen-bond donors (Lipinski definition) is 1. The van der Waals surface area contributed by atoms with Gasteiger partial charge in [0.2, 0.25) is 0 Å². The van der Waals surface area contributed by atoms with Gasteiger partial charge in [-0.05, 0) is 61.6 Å². The van der Waals surface area contributed by atoms with Crippen LogP contribution in [0.4, 0.5) is 0 Å². The van der Waals surface area contributed by atoms with Crippen LogP contribution in [0, 0.1) is 3.57 Å². The molecule has 1 rings (SSSR count). The first-order valence-electron chi connectivity index (χ1n) is 5.06. The van der Waals surface area contributed by atoms with E-state index in [1.54, 1.807) is 0 Å². The minimum absolute atomic E-state index is 0.0529. The third-order valence-corrected chi connectivity index (χ3v) is 2.35. The summed E-state index contributed by atoms with van der Waals surface area (Å²) >= 11 is 2.20. The maximum absolute atomic E-state index is 11.5. The monoisotopic (exact) mass is 333 g/mol. The largest absolute Gasteiger partial charge is 0.484 e. The van der Waals surface area contributed by atoms with Crippen molar-refractivity contribution in [3.63, 3.8) is 0 Å². The molecule has 0 spiro atoms. The Morgan fingerprint density at radius 1 is 1.44 bits per heavy atom. The van der Waals surface area contributed by atoms with Crippen molar-refractivity contribution in [2.24, 2.45) is 0 Å². The van der Waals surface area contributed by atoms with Gasteiger partial charge < -0.3 is 10.1 Å². The molecule has 0 saturated carbocycles. The van der Waals surface area contributed by atoms with Gasteiger partial charge in [-0.3, -0.25) is 4.79 Å². The van der Waals surface area contributed by atoms with Crippen molar-refractivity contribution in [1.29, 1.82) is 0 Å². The van der Waals surface area contributed by atoms with E-state index in [1.807, 2.05) is 45.0 Å². The SMILES string of the molecule is CC(C)(C)NC(=O)COc1cccc(I)c1. The maximum atomic E-state index is 11.5. The molecular formula is C12H16INO2. The second-order valence-corrected chi connectivity index (χ2v) is 5.79. The molecule has 1 aromatic rings. The van der Waals surface area contributed by atoms with E-state index >= 15 is 0 Å². The molecule has 0 aliphatic carbocycles. The highest BCUT2D eigenvalue weighted by atomic mass is 127. The van der Waals surface area contributed by atoms with E-state index in [-0.39, 0.29) is 18.1 Å². The summed E-state index contributed by atoms with van der Waals surface area (Å²) < 4.78 is 6.47. The Kier molecular flexibility index (Phi) is 4.58. The molecule has 0 aliphatic heterocycles. The summed E-state index contributed by atoms with van der Waals surface area (Å²) in [5.74, 6) is 0.613. The number of amides is 1. The lowest BCUT2D eigenvalue weighted by molar-refractivity contribution is -0.124. The maximum Gasteiger partial charge on any atom is 0.258 e. The molecule has 3 nitrogen and oxygen atoms in total. The van der Waals surface area contributed by atoms with Crippen LogP contribution in [0.3, 0.4) is 0 Å². The summed E-state index contributed by atoms with van der Waals surface area (Å²) in [6, 6.07) is 7.61. The van der Waals surface area contributed by atoms with E-state index in [2.05, 4.69) is 27.9 Å². The van der Waals surface area contributed by atoms with Gasteiger partial charge in [-0.15, -0.1) is 0 Å². The smallest absolute Gasteiger partial charge is 0.258 e. The molecule has 4 heteroatoms. The number of hydrogen-bond acceptors (Lipinski definition) is 2. The molecule has 0 radical (unpaired) electrons. The predicted molar refractivity (Wildman–Crippen MR) is 72.5 cm³/mol. The van der Waals surface area contributed by atoms with Gasteiger partial charge in [0.15, 0.2) is 6.61 Å². The van der Waals surface area contributed by atoms with Crippen molar-refractivity contribution in [1.82, 2.24) is 5.32 Å². The van der Waals surface area contributed by atoms with Crippen LogP contribution in [0.5, 0.6) is 5.75 Å². The molecule has 0 aromatic heterocycles. The van der Waals surface area contributed by atoms with Crippen LogP contribution in [0.1, 0.15) is 20.8 Å². The minimum Gasteiger partial charge on any atom is -0.484 e. The Hall–Kier alpha value is -0.780. The third kappa shape index (κ3) is 5.34. The highest BCUT2D eigenvalue weighted by Gasteiger charge is 2.13. The molecular weight excluding hydrogens is 317 g/mol. The summed E-state index contributed by atoms with van der Waals surface area (Å²) in [4.78, 5) is 11.5. The van der Waals surface area contributed by atoms with Crippen LogP contribution in [0.25, 0.3) is 0 Å². The van der Waals surface area contributed by atoms with Crippen LogP contribution in [0.2, 0.25) is 0 Å². The normalized spacial score (nSPS) is 11.0. The van der Waals surface area contributed by atoms with E-state index < -0.39 is 0 Å². The van der Waals surface area contributed by atoms with Gasteiger partial charge in [0.25, 0.3) is 5.91 Å². The number of nitrogens with one attached hydrogen (secondary N) is 1. The van der Waals surface area contributed by atoms with E-state index in [1.165, 1.54) is 0 Å². The van der Waals surface area contributed by atoms with Crippen molar-refractivity contribution >= 4 is 28.5 Å². The van der Waals surface area contributed by atoms with Crippen molar-refractivity contribution in [3.05, 3.63) is 27.8 Å². The van der Waals surface area contributed by atoms with E-state index in [0.717, 1.165) is 9.32 Å². The number of ether oxygens (including phenoxy) is 1. The van der Waals surface area contributed by atoms with Crippen molar-refractivity contribution in [3.8, 4) is 5.75 Å². The minimum atomic E-state index is -0.217. The quantitative estimate of drug-likeness (QED) is 0.864. The molecule has 0 unspecified atom stereocenters. The number of halogens is 1. The van der Waals surface area contributed by atoms with E-state index in [9.17, 15) is 4.79 Å². The van der Waals surface area contributed by atoms with Crippen LogP contribution in [0.15, 0.2) is 24.3 Å². The first kappa shape index (κ1) is 13.3. The van der Waals surface area contributed by atoms with E-state index in [4.69, 9.17) is 4.74 Å². The Morgan fingerprint density at radius 2 is 2.12 bits per heavy atom. The molecule has 0 heterocycles. The zero-order valence-electron chi connectivity index (χ0n) is 9.71.